The van der Waals surface area contributed by atoms with Gasteiger partial charge in [-0.05, 0) is 62.7 Å². The van der Waals surface area contributed by atoms with E-state index in [4.69, 9.17) is 4.98 Å². The molecule has 4 aromatic rings. The number of carbonyl (C=O) groups is 1. The number of hydrogen-bond acceptors (Lipinski definition) is 4. The van der Waals surface area contributed by atoms with Crippen LogP contribution in [0, 0.1) is 0 Å². The van der Waals surface area contributed by atoms with Gasteiger partial charge in [0, 0.05) is 29.7 Å². The first-order chi connectivity index (χ1) is 14.1. The van der Waals surface area contributed by atoms with Crippen molar-refractivity contribution < 1.29 is 4.79 Å². The number of rotatable bonds is 4. The number of likely N-dealkylation sites (tertiary alicyclic amines) is 1. The summed E-state index contributed by atoms with van der Waals surface area (Å²) in [5, 5.41) is 8.16. The Balaban J connectivity index is 1.34. The summed E-state index contributed by atoms with van der Waals surface area (Å²) in [5.74, 6) is 0.833. The number of aryl methyl sites for hydroxylation is 1. The third-order valence-corrected chi connectivity index (χ3v) is 5.84. The minimum Gasteiger partial charge on any atom is -0.341 e. The van der Waals surface area contributed by atoms with Crippen molar-refractivity contribution in [2.45, 2.75) is 32.4 Å². The van der Waals surface area contributed by atoms with Crippen LogP contribution >= 0.6 is 0 Å². The average Bonchev–Trinajstić information content (AvgIpc) is 3.41. The predicted molar refractivity (Wildman–Crippen MR) is 114 cm³/mol. The normalized spacial score (nSPS) is 17.4. The Kier molecular flexibility index (Phi) is 4.32. The molecule has 148 valence electrons. The lowest BCUT2D eigenvalue weighted by Gasteiger charge is -2.19. The lowest BCUT2D eigenvalue weighted by Crippen LogP contribution is -2.26. The van der Waals surface area contributed by atoms with Crippen molar-refractivity contribution in [3.8, 4) is 0 Å². The van der Waals surface area contributed by atoms with Crippen LogP contribution in [0.1, 0.15) is 35.9 Å². The van der Waals surface area contributed by atoms with Crippen molar-refractivity contribution in [3.63, 3.8) is 0 Å². The van der Waals surface area contributed by atoms with E-state index in [9.17, 15) is 4.79 Å². The van der Waals surface area contributed by atoms with Gasteiger partial charge in [0.15, 0.2) is 0 Å². The minimum atomic E-state index is -0.138. The van der Waals surface area contributed by atoms with Crippen LogP contribution in [-0.2, 0) is 13.6 Å². The summed E-state index contributed by atoms with van der Waals surface area (Å²) in [6.07, 6.45) is 4.27. The molecule has 0 saturated carbocycles. The number of imidazole rings is 1. The second-order valence-electron chi connectivity index (χ2n) is 7.87. The number of H-pyrrole nitrogens is 1. The van der Waals surface area contributed by atoms with Gasteiger partial charge in [0.25, 0.3) is 5.91 Å². The first kappa shape index (κ1) is 17.9. The average molecular weight is 388 g/mol. The van der Waals surface area contributed by atoms with Gasteiger partial charge in [-0.1, -0.05) is 0 Å². The number of aromatic nitrogens is 4. The number of nitrogens with zero attached hydrogens (tertiary/aromatic N) is 4. The van der Waals surface area contributed by atoms with Crippen LogP contribution in [0.25, 0.3) is 21.9 Å². The van der Waals surface area contributed by atoms with E-state index in [-0.39, 0.29) is 5.91 Å². The molecule has 0 spiro atoms. The first-order valence-electron chi connectivity index (χ1n) is 10.0. The maximum atomic E-state index is 12.7. The molecule has 29 heavy (non-hydrogen) atoms. The third kappa shape index (κ3) is 3.38. The Morgan fingerprint density at radius 2 is 2.17 bits per heavy atom. The molecule has 7 heteroatoms. The third-order valence-electron chi connectivity index (χ3n) is 5.84. The summed E-state index contributed by atoms with van der Waals surface area (Å²) < 4.78 is 1.80. The van der Waals surface area contributed by atoms with Crippen LogP contribution in [0.5, 0.6) is 0 Å². The maximum absolute atomic E-state index is 12.7. The largest absolute Gasteiger partial charge is 0.341 e. The highest BCUT2D eigenvalue weighted by atomic mass is 16.1. The molecular formula is C22H24N6O. The molecule has 0 aliphatic carbocycles. The number of aromatic amines is 1. The molecule has 1 aliphatic rings. The van der Waals surface area contributed by atoms with Crippen molar-refractivity contribution in [3.05, 3.63) is 54.0 Å². The van der Waals surface area contributed by atoms with Crippen LogP contribution in [0.2, 0.25) is 0 Å². The second-order valence-corrected chi connectivity index (χ2v) is 7.87. The molecule has 1 aliphatic heterocycles. The van der Waals surface area contributed by atoms with Crippen LogP contribution in [0.4, 0.5) is 5.69 Å². The monoisotopic (exact) mass is 388 g/mol. The standard InChI is InChI=1S/C22H24N6O/c1-14-4-3-9-28(14)13-21-25-18-7-6-17(11-19(18)26-21)24-22(29)15-5-8-20-16(10-15)12-23-27(20)2/h5-8,10-12,14H,3-4,9,13H2,1-2H3,(H,24,29)(H,25,26)/t14-/m0/s1. The summed E-state index contributed by atoms with van der Waals surface area (Å²) in [6, 6.07) is 12.0. The van der Waals surface area contributed by atoms with Crippen molar-refractivity contribution in [1.82, 2.24) is 24.6 Å². The number of benzene rings is 2. The van der Waals surface area contributed by atoms with Crippen molar-refractivity contribution in [2.75, 3.05) is 11.9 Å². The van der Waals surface area contributed by atoms with E-state index in [0.717, 1.165) is 46.5 Å². The zero-order valence-corrected chi connectivity index (χ0v) is 16.6. The molecule has 5 rings (SSSR count). The van der Waals surface area contributed by atoms with Crippen LogP contribution < -0.4 is 5.32 Å². The number of anilines is 1. The molecular weight excluding hydrogens is 364 g/mol. The van der Waals surface area contributed by atoms with Gasteiger partial charge in [-0.15, -0.1) is 0 Å². The van der Waals surface area contributed by atoms with Crippen LogP contribution in [0.3, 0.4) is 0 Å². The van der Waals surface area contributed by atoms with E-state index >= 15 is 0 Å². The van der Waals surface area contributed by atoms with Gasteiger partial charge in [0.05, 0.1) is 29.3 Å². The fraction of sp³-hybridized carbons (Fsp3) is 0.318. The lowest BCUT2D eigenvalue weighted by molar-refractivity contribution is 0.102. The first-order valence-corrected chi connectivity index (χ1v) is 10.0. The Labute approximate surface area is 168 Å². The van der Waals surface area contributed by atoms with Gasteiger partial charge in [-0.2, -0.15) is 5.10 Å². The van der Waals surface area contributed by atoms with E-state index < -0.39 is 0 Å². The van der Waals surface area contributed by atoms with Crippen LogP contribution in [-0.4, -0.2) is 43.1 Å². The summed E-state index contributed by atoms with van der Waals surface area (Å²) in [6.45, 7) is 4.23. The number of nitrogens with one attached hydrogen (secondary N) is 2. The number of carbonyl (C=O) groups excluding carboxylic acids is 1. The van der Waals surface area contributed by atoms with E-state index in [1.807, 2.05) is 43.4 Å². The predicted octanol–water partition coefficient (Wildman–Crippen LogP) is 3.69. The highest BCUT2D eigenvalue weighted by Gasteiger charge is 2.21. The highest BCUT2D eigenvalue weighted by molar-refractivity contribution is 6.06. The SMILES string of the molecule is C[C@H]1CCCN1Cc1nc2ccc(NC(=O)c3ccc4c(cnn4C)c3)cc2[nH]1. The second kappa shape index (κ2) is 7.00. The van der Waals surface area contributed by atoms with Crippen molar-refractivity contribution in [1.29, 1.82) is 0 Å². The Hall–Kier alpha value is -3.19. The van der Waals surface area contributed by atoms with E-state index in [2.05, 4.69) is 27.2 Å². The molecule has 1 atom stereocenters. The molecule has 2 aromatic heterocycles. The molecule has 2 aromatic carbocycles. The topological polar surface area (TPSA) is 78.8 Å². The van der Waals surface area contributed by atoms with E-state index in [1.54, 1.807) is 10.9 Å². The van der Waals surface area contributed by atoms with Gasteiger partial charge in [-0.3, -0.25) is 14.4 Å². The van der Waals surface area contributed by atoms with Gasteiger partial charge >= 0.3 is 0 Å². The Bertz CT molecular complexity index is 1210. The Morgan fingerprint density at radius 3 is 3.00 bits per heavy atom. The fourth-order valence-corrected chi connectivity index (χ4v) is 4.14. The summed E-state index contributed by atoms with van der Waals surface area (Å²) >= 11 is 0. The van der Waals surface area contributed by atoms with E-state index in [1.165, 1.54) is 12.8 Å². The molecule has 1 fully saturated rings. The quantitative estimate of drug-likeness (QED) is 0.559. The smallest absolute Gasteiger partial charge is 0.255 e. The molecule has 0 radical (unpaired) electrons. The molecule has 0 unspecified atom stereocenters. The van der Waals surface area contributed by atoms with Gasteiger partial charge in [0.2, 0.25) is 0 Å². The van der Waals surface area contributed by atoms with E-state index in [0.29, 0.717) is 11.6 Å². The number of hydrogen-bond donors (Lipinski definition) is 2. The van der Waals surface area contributed by atoms with Crippen molar-refractivity contribution >= 4 is 33.5 Å². The Morgan fingerprint density at radius 1 is 1.28 bits per heavy atom. The molecule has 1 amide bonds. The number of amides is 1. The van der Waals surface area contributed by atoms with Gasteiger partial charge in [-0.25, -0.2) is 4.98 Å². The highest BCUT2D eigenvalue weighted by Crippen LogP contribution is 2.22. The fourth-order valence-electron chi connectivity index (χ4n) is 4.14. The summed E-state index contributed by atoms with van der Waals surface area (Å²) in [5.41, 5.74) is 4.21. The van der Waals surface area contributed by atoms with Gasteiger partial charge in [0.1, 0.15) is 5.82 Å². The lowest BCUT2D eigenvalue weighted by atomic mass is 10.1. The molecule has 0 bridgehead atoms. The maximum Gasteiger partial charge on any atom is 0.255 e. The van der Waals surface area contributed by atoms with Crippen LogP contribution in [0.15, 0.2) is 42.6 Å². The number of fused-ring (bicyclic) bond motifs is 2. The molecule has 1 saturated heterocycles. The molecule has 7 nitrogen and oxygen atoms in total. The summed E-state index contributed by atoms with van der Waals surface area (Å²) in [7, 11) is 1.89. The zero-order valence-electron chi connectivity index (χ0n) is 16.6. The summed E-state index contributed by atoms with van der Waals surface area (Å²) in [4.78, 5) is 23.3. The zero-order chi connectivity index (χ0) is 20.0. The minimum absolute atomic E-state index is 0.138. The molecule has 3 heterocycles. The van der Waals surface area contributed by atoms with Crippen molar-refractivity contribution in [2.24, 2.45) is 7.05 Å². The van der Waals surface area contributed by atoms with Gasteiger partial charge < -0.3 is 10.3 Å². The molecule has 2 N–H and O–H groups in total.